The fraction of sp³-hybridized carbons (Fsp3) is 0.400. The standard InChI is InChI=1S/C15H19ClN6O/c16-12-2-3-14(22-11-18-10-19-22)13(8-12)20-15(23)9-21-6-1-4-17-5-7-21/h2-3,8,10-11,17H,1,4-7,9H2,(H,20,23). The molecule has 122 valence electrons. The van der Waals surface area contributed by atoms with Gasteiger partial charge in [0.2, 0.25) is 5.91 Å². The fourth-order valence-corrected chi connectivity index (χ4v) is 2.77. The van der Waals surface area contributed by atoms with Gasteiger partial charge in [-0.2, -0.15) is 5.10 Å². The molecule has 1 amide bonds. The Hall–Kier alpha value is -1.96. The van der Waals surface area contributed by atoms with Crippen LogP contribution >= 0.6 is 11.6 Å². The van der Waals surface area contributed by atoms with Gasteiger partial charge >= 0.3 is 0 Å². The SMILES string of the molecule is O=C(CN1CCCNCC1)Nc1cc(Cl)ccc1-n1cncn1. The Morgan fingerprint density at radius 1 is 1.35 bits per heavy atom. The smallest absolute Gasteiger partial charge is 0.238 e. The van der Waals surface area contributed by atoms with E-state index in [9.17, 15) is 4.79 Å². The van der Waals surface area contributed by atoms with Gasteiger partial charge in [-0.15, -0.1) is 0 Å². The predicted molar refractivity (Wildman–Crippen MR) is 88.9 cm³/mol. The fourth-order valence-electron chi connectivity index (χ4n) is 2.59. The lowest BCUT2D eigenvalue weighted by atomic mass is 10.2. The van der Waals surface area contributed by atoms with Crippen molar-refractivity contribution in [3.05, 3.63) is 35.9 Å². The molecule has 23 heavy (non-hydrogen) atoms. The van der Waals surface area contributed by atoms with Crippen LogP contribution in [0.2, 0.25) is 5.02 Å². The van der Waals surface area contributed by atoms with Crippen LogP contribution in [0.4, 0.5) is 5.69 Å². The average Bonchev–Trinajstić information content (AvgIpc) is 2.93. The minimum atomic E-state index is -0.0597. The first kappa shape index (κ1) is 15.9. The summed E-state index contributed by atoms with van der Waals surface area (Å²) in [5.74, 6) is -0.0597. The number of hydrogen-bond donors (Lipinski definition) is 2. The highest BCUT2D eigenvalue weighted by Crippen LogP contribution is 2.23. The van der Waals surface area contributed by atoms with Crippen molar-refractivity contribution in [1.82, 2.24) is 25.0 Å². The summed E-state index contributed by atoms with van der Waals surface area (Å²) in [6.45, 7) is 4.08. The molecule has 2 heterocycles. The molecule has 2 N–H and O–H groups in total. The van der Waals surface area contributed by atoms with Crippen molar-refractivity contribution in [1.29, 1.82) is 0 Å². The Morgan fingerprint density at radius 2 is 2.26 bits per heavy atom. The van der Waals surface area contributed by atoms with Gasteiger partial charge in [0, 0.05) is 18.1 Å². The Kier molecular flexibility index (Phi) is 5.22. The van der Waals surface area contributed by atoms with Crippen LogP contribution in [-0.2, 0) is 4.79 Å². The second-order valence-corrected chi connectivity index (χ2v) is 5.87. The first-order valence-electron chi connectivity index (χ1n) is 7.60. The van der Waals surface area contributed by atoms with Gasteiger partial charge in [0.25, 0.3) is 0 Å². The molecule has 1 aliphatic heterocycles. The molecule has 0 unspecified atom stereocenters. The molecule has 1 saturated heterocycles. The maximum absolute atomic E-state index is 12.4. The molecule has 7 nitrogen and oxygen atoms in total. The number of benzene rings is 1. The summed E-state index contributed by atoms with van der Waals surface area (Å²) >= 11 is 6.06. The highest BCUT2D eigenvalue weighted by Gasteiger charge is 2.15. The van der Waals surface area contributed by atoms with Crippen LogP contribution in [0.5, 0.6) is 0 Å². The lowest BCUT2D eigenvalue weighted by Crippen LogP contribution is -2.35. The number of halogens is 1. The number of nitrogens with one attached hydrogen (secondary N) is 2. The minimum absolute atomic E-state index is 0.0597. The maximum atomic E-state index is 12.4. The third-order valence-electron chi connectivity index (χ3n) is 3.70. The molecule has 1 fully saturated rings. The molecule has 0 atom stereocenters. The summed E-state index contributed by atoms with van der Waals surface area (Å²) in [6, 6.07) is 5.29. The molecule has 0 radical (unpaired) electrons. The van der Waals surface area contributed by atoms with E-state index < -0.39 is 0 Å². The normalized spacial score (nSPS) is 16.0. The first-order valence-corrected chi connectivity index (χ1v) is 7.97. The molecular weight excluding hydrogens is 316 g/mol. The number of carbonyl (C=O) groups is 1. The number of amides is 1. The van der Waals surface area contributed by atoms with Crippen molar-refractivity contribution < 1.29 is 4.79 Å². The van der Waals surface area contributed by atoms with E-state index in [0.29, 0.717) is 17.3 Å². The zero-order chi connectivity index (χ0) is 16.1. The van der Waals surface area contributed by atoms with Crippen molar-refractivity contribution in [2.45, 2.75) is 6.42 Å². The Balaban J connectivity index is 1.71. The summed E-state index contributed by atoms with van der Waals surface area (Å²) in [5, 5.41) is 10.9. The highest BCUT2D eigenvalue weighted by molar-refractivity contribution is 6.31. The van der Waals surface area contributed by atoms with Crippen LogP contribution in [0.1, 0.15) is 6.42 Å². The lowest BCUT2D eigenvalue weighted by molar-refractivity contribution is -0.117. The molecule has 0 saturated carbocycles. The Morgan fingerprint density at radius 3 is 3.09 bits per heavy atom. The number of rotatable bonds is 4. The topological polar surface area (TPSA) is 75.1 Å². The van der Waals surface area contributed by atoms with Crippen LogP contribution in [0.25, 0.3) is 5.69 Å². The molecule has 1 aromatic heterocycles. The molecule has 1 aliphatic rings. The first-order chi connectivity index (χ1) is 11.2. The second kappa shape index (κ2) is 7.54. The molecule has 2 aromatic rings. The number of aromatic nitrogens is 3. The monoisotopic (exact) mass is 334 g/mol. The predicted octanol–water partition coefficient (Wildman–Crippen LogP) is 1.15. The van der Waals surface area contributed by atoms with Gasteiger partial charge < -0.3 is 10.6 Å². The summed E-state index contributed by atoms with van der Waals surface area (Å²) in [5.41, 5.74) is 1.36. The van der Waals surface area contributed by atoms with Crippen molar-refractivity contribution >= 4 is 23.2 Å². The largest absolute Gasteiger partial charge is 0.323 e. The second-order valence-electron chi connectivity index (χ2n) is 5.43. The van der Waals surface area contributed by atoms with Crippen molar-refractivity contribution in [3.63, 3.8) is 0 Å². The minimum Gasteiger partial charge on any atom is -0.323 e. The number of hydrogen-bond acceptors (Lipinski definition) is 5. The molecule has 1 aromatic carbocycles. The van der Waals surface area contributed by atoms with Crippen LogP contribution in [0, 0.1) is 0 Å². The third kappa shape index (κ3) is 4.28. The van der Waals surface area contributed by atoms with Gasteiger partial charge in [-0.05, 0) is 37.7 Å². The molecular formula is C15H19ClN6O. The van der Waals surface area contributed by atoms with Crippen LogP contribution in [0.3, 0.4) is 0 Å². The van der Waals surface area contributed by atoms with Gasteiger partial charge in [-0.1, -0.05) is 11.6 Å². The summed E-state index contributed by atoms with van der Waals surface area (Å²) in [7, 11) is 0. The summed E-state index contributed by atoms with van der Waals surface area (Å²) < 4.78 is 1.60. The lowest BCUT2D eigenvalue weighted by Gasteiger charge is -2.19. The summed E-state index contributed by atoms with van der Waals surface area (Å²) in [6.07, 6.45) is 4.08. The van der Waals surface area contributed by atoms with Crippen LogP contribution in [0.15, 0.2) is 30.9 Å². The van der Waals surface area contributed by atoms with Crippen LogP contribution in [-0.4, -0.2) is 58.3 Å². The zero-order valence-corrected chi connectivity index (χ0v) is 13.5. The van der Waals surface area contributed by atoms with E-state index >= 15 is 0 Å². The quantitative estimate of drug-likeness (QED) is 0.877. The maximum Gasteiger partial charge on any atom is 0.238 e. The van der Waals surface area contributed by atoms with E-state index in [2.05, 4.69) is 25.6 Å². The van der Waals surface area contributed by atoms with Gasteiger partial charge in [0.15, 0.2) is 0 Å². The Bertz CT molecular complexity index is 652. The molecule has 8 heteroatoms. The zero-order valence-electron chi connectivity index (χ0n) is 12.7. The molecule has 0 bridgehead atoms. The van der Waals surface area contributed by atoms with Gasteiger partial charge in [0.05, 0.1) is 17.9 Å². The van der Waals surface area contributed by atoms with Crippen molar-refractivity contribution in [2.75, 3.05) is 38.0 Å². The molecule has 0 spiro atoms. The van der Waals surface area contributed by atoms with E-state index in [1.807, 2.05) is 6.07 Å². The number of nitrogens with zero attached hydrogens (tertiary/aromatic N) is 4. The van der Waals surface area contributed by atoms with Crippen LogP contribution < -0.4 is 10.6 Å². The average molecular weight is 335 g/mol. The van der Waals surface area contributed by atoms with Crippen molar-refractivity contribution in [2.24, 2.45) is 0 Å². The van der Waals surface area contributed by atoms with Gasteiger partial charge in [-0.3, -0.25) is 9.69 Å². The Labute approximate surface area is 139 Å². The summed E-state index contributed by atoms with van der Waals surface area (Å²) in [4.78, 5) is 18.4. The number of carbonyl (C=O) groups excluding carboxylic acids is 1. The van der Waals surface area contributed by atoms with Gasteiger partial charge in [0.1, 0.15) is 12.7 Å². The van der Waals surface area contributed by atoms with E-state index in [1.54, 1.807) is 23.1 Å². The van der Waals surface area contributed by atoms with E-state index in [0.717, 1.165) is 38.3 Å². The van der Waals surface area contributed by atoms with E-state index in [4.69, 9.17) is 11.6 Å². The van der Waals surface area contributed by atoms with E-state index in [1.165, 1.54) is 6.33 Å². The number of anilines is 1. The highest BCUT2D eigenvalue weighted by atomic mass is 35.5. The molecule has 0 aliphatic carbocycles. The van der Waals surface area contributed by atoms with Gasteiger partial charge in [-0.25, -0.2) is 9.67 Å². The van der Waals surface area contributed by atoms with E-state index in [-0.39, 0.29) is 5.91 Å². The third-order valence-corrected chi connectivity index (χ3v) is 3.93. The molecule has 3 rings (SSSR count). The van der Waals surface area contributed by atoms with Crippen molar-refractivity contribution in [3.8, 4) is 5.69 Å².